The van der Waals surface area contributed by atoms with E-state index in [-0.39, 0.29) is 5.91 Å². The minimum absolute atomic E-state index is 0.0381. The fraction of sp³-hybridized carbons (Fsp3) is 0.200. The van der Waals surface area contributed by atoms with Crippen molar-refractivity contribution in [1.29, 1.82) is 0 Å². The summed E-state index contributed by atoms with van der Waals surface area (Å²) in [5.41, 5.74) is 1.49. The summed E-state index contributed by atoms with van der Waals surface area (Å²) in [7, 11) is 1.70. The van der Waals surface area contributed by atoms with Gasteiger partial charge in [-0.2, -0.15) is 5.10 Å². The van der Waals surface area contributed by atoms with Crippen LogP contribution in [0, 0.1) is 0 Å². The number of amides is 1. The zero-order chi connectivity index (χ0) is 11.5. The molecule has 0 spiro atoms. The van der Waals surface area contributed by atoms with Crippen LogP contribution in [0.5, 0.6) is 0 Å². The van der Waals surface area contributed by atoms with Gasteiger partial charge in [0.15, 0.2) is 0 Å². The second-order valence-electron chi connectivity index (χ2n) is 3.32. The third kappa shape index (κ3) is 1.90. The van der Waals surface area contributed by atoms with Crippen LogP contribution < -0.4 is 4.90 Å². The van der Waals surface area contributed by atoms with Gasteiger partial charge in [0.2, 0.25) is 5.91 Å². The summed E-state index contributed by atoms with van der Waals surface area (Å²) in [6.07, 6.45) is 8.12. The van der Waals surface area contributed by atoms with Gasteiger partial charge in [0.05, 0.1) is 30.5 Å². The molecule has 0 bridgehead atoms. The molecular weight excluding hydrogens is 206 g/mol. The lowest BCUT2D eigenvalue weighted by atomic mass is 10.4. The number of anilines is 1. The standard InChI is InChI=1S/C10H11N5O/c1-8(16)14(2)10-5-13-15(6-10)9-3-11-7-12-4-9/h3-7H,1-2H3. The maximum Gasteiger partial charge on any atom is 0.223 e. The first-order chi connectivity index (χ1) is 7.68. The predicted molar refractivity (Wildman–Crippen MR) is 58.2 cm³/mol. The summed E-state index contributed by atoms with van der Waals surface area (Å²) in [6, 6.07) is 0. The molecule has 0 radical (unpaired) electrons. The Balaban J connectivity index is 2.30. The van der Waals surface area contributed by atoms with Crippen molar-refractivity contribution in [2.24, 2.45) is 0 Å². The lowest BCUT2D eigenvalue weighted by Gasteiger charge is -2.10. The van der Waals surface area contributed by atoms with Crippen molar-refractivity contribution in [3.63, 3.8) is 0 Å². The molecule has 0 fully saturated rings. The molecule has 0 aliphatic heterocycles. The van der Waals surface area contributed by atoms with E-state index in [4.69, 9.17) is 0 Å². The van der Waals surface area contributed by atoms with Crippen LogP contribution >= 0.6 is 0 Å². The number of rotatable bonds is 2. The van der Waals surface area contributed by atoms with Crippen LogP contribution in [0.15, 0.2) is 31.1 Å². The van der Waals surface area contributed by atoms with Gasteiger partial charge < -0.3 is 4.90 Å². The monoisotopic (exact) mass is 217 g/mol. The molecule has 0 atom stereocenters. The molecule has 0 N–H and O–H groups in total. The lowest BCUT2D eigenvalue weighted by Crippen LogP contribution is -2.22. The summed E-state index contributed by atoms with van der Waals surface area (Å²) in [6.45, 7) is 1.50. The quantitative estimate of drug-likeness (QED) is 0.740. The van der Waals surface area contributed by atoms with Gasteiger partial charge in [-0.05, 0) is 0 Å². The Morgan fingerprint density at radius 2 is 2.00 bits per heavy atom. The molecular formula is C10H11N5O. The lowest BCUT2D eigenvalue weighted by molar-refractivity contribution is -0.116. The number of hydrogen-bond acceptors (Lipinski definition) is 4. The summed E-state index contributed by atoms with van der Waals surface area (Å²) in [5.74, 6) is -0.0381. The molecule has 0 aromatic carbocycles. The van der Waals surface area contributed by atoms with Gasteiger partial charge >= 0.3 is 0 Å². The van der Waals surface area contributed by atoms with Crippen LogP contribution in [0.1, 0.15) is 6.92 Å². The molecule has 6 nitrogen and oxygen atoms in total. The third-order valence-corrected chi connectivity index (χ3v) is 2.24. The number of hydrogen-bond donors (Lipinski definition) is 0. The van der Waals surface area contributed by atoms with E-state index in [0.29, 0.717) is 0 Å². The highest BCUT2D eigenvalue weighted by atomic mass is 16.2. The largest absolute Gasteiger partial charge is 0.313 e. The van der Waals surface area contributed by atoms with Crippen molar-refractivity contribution in [3.05, 3.63) is 31.1 Å². The van der Waals surface area contributed by atoms with Crippen molar-refractivity contribution in [2.75, 3.05) is 11.9 Å². The fourth-order valence-corrected chi connectivity index (χ4v) is 1.22. The molecule has 1 amide bonds. The van der Waals surface area contributed by atoms with Crippen molar-refractivity contribution in [2.45, 2.75) is 6.92 Å². The highest BCUT2D eigenvalue weighted by molar-refractivity contribution is 5.90. The van der Waals surface area contributed by atoms with Gasteiger partial charge in [0.25, 0.3) is 0 Å². The summed E-state index contributed by atoms with van der Waals surface area (Å²) in [4.78, 5) is 20.5. The minimum Gasteiger partial charge on any atom is -0.313 e. The number of aromatic nitrogens is 4. The Bertz CT molecular complexity index is 493. The maximum absolute atomic E-state index is 11.2. The normalized spacial score (nSPS) is 10.1. The molecule has 0 unspecified atom stereocenters. The first kappa shape index (κ1) is 10.3. The van der Waals surface area contributed by atoms with E-state index < -0.39 is 0 Å². The first-order valence-corrected chi connectivity index (χ1v) is 4.73. The Labute approximate surface area is 92.6 Å². The predicted octanol–water partition coefficient (Wildman–Crippen LogP) is 0.645. The van der Waals surface area contributed by atoms with Gasteiger partial charge in [-0.3, -0.25) is 4.79 Å². The van der Waals surface area contributed by atoms with Crippen molar-refractivity contribution >= 4 is 11.6 Å². The molecule has 2 rings (SSSR count). The number of carbonyl (C=O) groups is 1. The van der Waals surface area contributed by atoms with E-state index in [2.05, 4.69) is 15.1 Å². The Morgan fingerprint density at radius 3 is 2.62 bits per heavy atom. The fourth-order valence-electron chi connectivity index (χ4n) is 1.22. The SMILES string of the molecule is CC(=O)N(C)c1cnn(-c2cncnc2)c1. The number of carbonyl (C=O) groups excluding carboxylic acids is 1. The van der Waals surface area contributed by atoms with Gasteiger partial charge in [0.1, 0.15) is 12.0 Å². The molecule has 0 saturated heterocycles. The Hall–Kier alpha value is -2.24. The number of nitrogens with zero attached hydrogens (tertiary/aromatic N) is 5. The molecule has 82 valence electrons. The highest BCUT2D eigenvalue weighted by Crippen LogP contribution is 2.13. The zero-order valence-corrected chi connectivity index (χ0v) is 9.03. The second-order valence-corrected chi connectivity index (χ2v) is 3.32. The average molecular weight is 217 g/mol. The van der Waals surface area contributed by atoms with Crippen LogP contribution in [0.2, 0.25) is 0 Å². The van der Waals surface area contributed by atoms with Gasteiger partial charge in [-0.25, -0.2) is 14.6 Å². The molecule has 0 saturated carbocycles. The van der Waals surface area contributed by atoms with Crippen LogP contribution in [-0.4, -0.2) is 32.7 Å². The van der Waals surface area contributed by atoms with Crippen LogP contribution in [0.25, 0.3) is 5.69 Å². The zero-order valence-electron chi connectivity index (χ0n) is 9.03. The van der Waals surface area contributed by atoms with E-state index in [1.807, 2.05) is 0 Å². The minimum atomic E-state index is -0.0381. The second kappa shape index (κ2) is 4.09. The maximum atomic E-state index is 11.2. The molecule has 0 aliphatic carbocycles. The average Bonchev–Trinajstić information content (AvgIpc) is 2.78. The van der Waals surface area contributed by atoms with Gasteiger partial charge in [-0.1, -0.05) is 0 Å². The molecule has 16 heavy (non-hydrogen) atoms. The smallest absolute Gasteiger partial charge is 0.223 e. The van der Waals surface area contributed by atoms with Crippen LogP contribution in [-0.2, 0) is 4.79 Å². The molecule has 2 aromatic rings. The molecule has 2 heterocycles. The highest BCUT2D eigenvalue weighted by Gasteiger charge is 2.08. The topological polar surface area (TPSA) is 63.9 Å². The molecule has 2 aromatic heterocycles. The van der Waals surface area contributed by atoms with Crippen LogP contribution in [0.4, 0.5) is 5.69 Å². The molecule has 0 aliphatic rings. The van der Waals surface area contributed by atoms with E-state index in [1.165, 1.54) is 18.2 Å². The Kier molecular flexibility index (Phi) is 2.63. The summed E-state index contributed by atoms with van der Waals surface area (Å²) >= 11 is 0. The van der Waals surface area contributed by atoms with E-state index in [1.54, 1.807) is 36.5 Å². The Morgan fingerprint density at radius 1 is 1.31 bits per heavy atom. The van der Waals surface area contributed by atoms with E-state index in [9.17, 15) is 4.79 Å². The van der Waals surface area contributed by atoms with E-state index in [0.717, 1.165) is 11.4 Å². The first-order valence-electron chi connectivity index (χ1n) is 4.73. The van der Waals surface area contributed by atoms with E-state index >= 15 is 0 Å². The summed E-state index contributed by atoms with van der Waals surface area (Å²) < 4.78 is 1.62. The van der Waals surface area contributed by atoms with Crippen molar-refractivity contribution < 1.29 is 4.79 Å². The molecule has 6 heteroatoms. The van der Waals surface area contributed by atoms with Gasteiger partial charge in [-0.15, -0.1) is 0 Å². The third-order valence-electron chi connectivity index (χ3n) is 2.24. The van der Waals surface area contributed by atoms with Crippen molar-refractivity contribution in [1.82, 2.24) is 19.7 Å². The van der Waals surface area contributed by atoms with Crippen molar-refractivity contribution in [3.8, 4) is 5.69 Å². The van der Waals surface area contributed by atoms with Gasteiger partial charge in [0, 0.05) is 14.0 Å². The van der Waals surface area contributed by atoms with Crippen LogP contribution in [0.3, 0.4) is 0 Å². The summed E-state index contributed by atoms with van der Waals surface area (Å²) in [5, 5.41) is 4.13.